The Kier molecular flexibility index (Phi) is 3.67. The zero-order chi connectivity index (χ0) is 14.3. The third kappa shape index (κ3) is 2.79. The van der Waals surface area contributed by atoms with Crippen LogP contribution in [0, 0.1) is 0 Å². The molecule has 0 amide bonds. The van der Waals surface area contributed by atoms with Crippen LogP contribution >= 0.6 is 31.9 Å². The van der Waals surface area contributed by atoms with Crippen LogP contribution in [0.25, 0.3) is 0 Å². The van der Waals surface area contributed by atoms with Gasteiger partial charge in [0.1, 0.15) is 11.4 Å². The summed E-state index contributed by atoms with van der Waals surface area (Å²) in [5, 5.41) is 0. The highest BCUT2D eigenvalue weighted by Crippen LogP contribution is 2.39. The molecule has 2 aromatic rings. The van der Waals surface area contributed by atoms with E-state index in [0.29, 0.717) is 0 Å². The molecule has 0 N–H and O–H groups in total. The van der Waals surface area contributed by atoms with E-state index >= 15 is 0 Å². The van der Waals surface area contributed by atoms with Gasteiger partial charge in [-0.05, 0) is 48.7 Å². The van der Waals surface area contributed by atoms with Gasteiger partial charge in [0.15, 0.2) is 0 Å². The average molecular weight is 396 g/mol. The molecule has 2 aromatic carbocycles. The number of hydrogen-bond acceptors (Lipinski definition) is 1. The summed E-state index contributed by atoms with van der Waals surface area (Å²) in [7, 11) is 0. The fourth-order valence-corrected chi connectivity index (χ4v) is 3.47. The zero-order valence-corrected chi connectivity index (χ0v) is 14.7. The van der Waals surface area contributed by atoms with Crippen LogP contribution in [0.5, 0.6) is 5.75 Å². The quantitative estimate of drug-likeness (QED) is 0.597. The van der Waals surface area contributed by atoms with Gasteiger partial charge in [0.2, 0.25) is 0 Å². The van der Waals surface area contributed by atoms with Crippen molar-refractivity contribution in [3.8, 4) is 5.75 Å². The topological polar surface area (TPSA) is 9.23 Å². The van der Waals surface area contributed by atoms with Crippen molar-refractivity contribution < 1.29 is 4.74 Å². The molecule has 1 atom stereocenters. The molecule has 0 radical (unpaired) electrons. The van der Waals surface area contributed by atoms with Crippen molar-refractivity contribution >= 4 is 31.9 Å². The molecule has 1 nitrogen and oxygen atoms in total. The number of alkyl halides is 1. The predicted molar refractivity (Wildman–Crippen MR) is 89.8 cm³/mol. The van der Waals surface area contributed by atoms with E-state index < -0.39 is 0 Å². The van der Waals surface area contributed by atoms with Crippen molar-refractivity contribution in [2.75, 3.05) is 0 Å². The summed E-state index contributed by atoms with van der Waals surface area (Å²) in [5.41, 5.74) is 3.74. The fraction of sp³-hybridized carbons (Fsp3) is 0.294. The minimum atomic E-state index is -0.0830. The molecular formula is C17H16Br2O. The predicted octanol–water partition coefficient (Wildman–Crippen LogP) is 5.65. The first-order valence-corrected chi connectivity index (χ1v) is 8.37. The van der Waals surface area contributed by atoms with Crippen LogP contribution in [0.1, 0.15) is 35.4 Å². The summed E-state index contributed by atoms with van der Waals surface area (Å²) in [6.45, 7) is 4.26. The van der Waals surface area contributed by atoms with Crippen molar-refractivity contribution in [3.63, 3.8) is 0 Å². The molecule has 1 unspecified atom stereocenters. The van der Waals surface area contributed by atoms with Gasteiger partial charge in [0.05, 0.1) is 4.83 Å². The second-order valence-corrected chi connectivity index (χ2v) is 7.65. The van der Waals surface area contributed by atoms with Gasteiger partial charge in [-0.15, -0.1) is 0 Å². The number of fused-ring (bicyclic) bond motifs is 1. The molecule has 0 bridgehead atoms. The minimum absolute atomic E-state index is 0.0830. The number of ether oxygens (including phenoxy) is 1. The van der Waals surface area contributed by atoms with Crippen molar-refractivity contribution in [2.45, 2.75) is 30.7 Å². The van der Waals surface area contributed by atoms with Crippen LogP contribution in [0.15, 0.2) is 46.9 Å². The summed E-state index contributed by atoms with van der Waals surface area (Å²) in [6, 6.07) is 14.9. The monoisotopic (exact) mass is 394 g/mol. The molecule has 0 saturated carbocycles. The first-order valence-electron chi connectivity index (χ1n) is 6.66. The Labute approximate surface area is 136 Å². The van der Waals surface area contributed by atoms with Crippen molar-refractivity contribution in [1.82, 2.24) is 0 Å². The van der Waals surface area contributed by atoms with E-state index in [1.807, 2.05) is 0 Å². The third-order valence-corrected chi connectivity index (χ3v) is 5.13. The summed E-state index contributed by atoms with van der Waals surface area (Å²) < 4.78 is 7.03. The van der Waals surface area contributed by atoms with Crippen molar-refractivity contribution in [1.29, 1.82) is 0 Å². The zero-order valence-electron chi connectivity index (χ0n) is 11.5. The smallest absolute Gasteiger partial charge is 0.123 e. The Morgan fingerprint density at radius 1 is 1.05 bits per heavy atom. The van der Waals surface area contributed by atoms with E-state index in [2.05, 4.69) is 88.2 Å². The Hall–Kier alpha value is -0.800. The minimum Gasteiger partial charge on any atom is -0.487 e. The van der Waals surface area contributed by atoms with Gasteiger partial charge in [0.25, 0.3) is 0 Å². The Morgan fingerprint density at radius 2 is 1.70 bits per heavy atom. The van der Waals surface area contributed by atoms with E-state index in [0.717, 1.165) is 16.6 Å². The van der Waals surface area contributed by atoms with Gasteiger partial charge in [-0.2, -0.15) is 0 Å². The molecule has 1 aliphatic heterocycles. The largest absolute Gasteiger partial charge is 0.487 e. The molecule has 20 heavy (non-hydrogen) atoms. The first-order chi connectivity index (χ1) is 9.44. The normalized spacial score (nSPS) is 17.4. The molecule has 0 fully saturated rings. The number of benzene rings is 2. The van der Waals surface area contributed by atoms with Crippen LogP contribution in [-0.2, 0) is 6.42 Å². The van der Waals surface area contributed by atoms with Crippen LogP contribution in [-0.4, -0.2) is 5.60 Å². The fourth-order valence-electron chi connectivity index (χ4n) is 2.61. The standard InChI is InChI=1S/C17H16Br2O/c1-17(2)10-13-9-12(5-8-15(13)20-17)16(19)11-3-6-14(18)7-4-11/h3-9,16H,10H2,1-2H3. The Bertz CT molecular complexity index is 632. The number of rotatable bonds is 2. The molecule has 0 aliphatic carbocycles. The highest BCUT2D eigenvalue weighted by atomic mass is 79.9. The van der Waals surface area contributed by atoms with Gasteiger partial charge in [-0.25, -0.2) is 0 Å². The Morgan fingerprint density at radius 3 is 2.40 bits per heavy atom. The summed E-state index contributed by atoms with van der Waals surface area (Å²) in [5.74, 6) is 1.02. The molecular weight excluding hydrogens is 380 g/mol. The van der Waals surface area contributed by atoms with Gasteiger partial charge in [-0.3, -0.25) is 0 Å². The molecule has 3 heteroatoms. The lowest BCUT2D eigenvalue weighted by atomic mass is 9.98. The first kappa shape index (κ1) is 14.2. The third-order valence-electron chi connectivity index (χ3n) is 3.54. The SMILES string of the molecule is CC1(C)Cc2cc(C(Br)c3ccc(Br)cc3)ccc2O1. The number of hydrogen-bond donors (Lipinski definition) is 0. The van der Waals surface area contributed by atoms with Crippen LogP contribution in [0.4, 0.5) is 0 Å². The van der Waals surface area contributed by atoms with Crippen LogP contribution in [0.3, 0.4) is 0 Å². The van der Waals surface area contributed by atoms with E-state index in [1.165, 1.54) is 16.7 Å². The van der Waals surface area contributed by atoms with E-state index in [4.69, 9.17) is 4.74 Å². The van der Waals surface area contributed by atoms with Gasteiger partial charge < -0.3 is 4.74 Å². The summed E-state index contributed by atoms with van der Waals surface area (Å²) in [6.07, 6.45) is 0.968. The second-order valence-electron chi connectivity index (χ2n) is 5.82. The molecule has 0 spiro atoms. The maximum Gasteiger partial charge on any atom is 0.123 e. The average Bonchev–Trinajstić information content (AvgIpc) is 2.71. The van der Waals surface area contributed by atoms with Gasteiger partial charge >= 0.3 is 0 Å². The molecule has 104 valence electrons. The number of halogens is 2. The second kappa shape index (κ2) is 5.19. The van der Waals surface area contributed by atoms with Gasteiger partial charge in [-0.1, -0.05) is 56.1 Å². The highest BCUT2D eigenvalue weighted by molar-refractivity contribution is 9.10. The van der Waals surface area contributed by atoms with Crippen molar-refractivity contribution in [2.24, 2.45) is 0 Å². The highest BCUT2D eigenvalue weighted by Gasteiger charge is 2.30. The van der Waals surface area contributed by atoms with E-state index in [9.17, 15) is 0 Å². The molecule has 0 aromatic heterocycles. The van der Waals surface area contributed by atoms with Crippen LogP contribution in [0.2, 0.25) is 0 Å². The van der Waals surface area contributed by atoms with Crippen LogP contribution < -0.4 is 4.74 Å². The Balaban J connectivity index is 1.90. The molecule has 1 heterocycles. The lowest BCUT2D eigenvalue weighted by Gasteiger charge is -2.16. The summed E-state index contributed by atoms with van der Waals surface area (Å²) in [4.78, 5) is 0.213. The lowest BCUT2D eigenvalue weighted by Crippen LogP contribution is -2.24. The molecule has 3 rings (SSSR count). The summed E-state index contributed by atoms with van der Waals surface area (Å²) >= 11 is 7.27. The van der Waals surface area contributed by atoms with E-state index in [1.54, 1.807) is 0 Å². The molecule has 1 aliphatic rings. The van der Waals surface area contributed by atoms with E-state index in [-0.39, 0.29) is 10.4 Å². The maximum absolute atomic E-state index is 5.93. The lowest BCUT2D eigenvalue weighted by molar-refractivity contribution is 0.138. The van der Waals surface area contributed by atoms with Gasteiger partial charge in [0, 0.05) is 10.9 Å². The maximum atomic E-state index is 5.93. The van der Waals surface area contributed by atoms with Crippen molar-refractivity contribution in [3.05, 3.63) is 63.6 Å². The molecule has 0 saturated heterocycles.